The Bertz CT molecular complexity index is 829. The average molecular weight is 367 g/mol. The maximum Gasteiger partial charge on any atom is 0.416 e. The number of aliphatic carboxylic acids is 1. The van der Waals surface area contributed by atoms with Crippen molar-refractivity contribution in [1.82, 2.24) is 9.55 Å². The molecule has 12 heteroatoms. The van der Waals surface area contributed by atoms with Gasteiger partial charge in [0.25, 0.3) is 0 Å². The second-order valence-corrected chi connectivity index (χ2v) is 6.72. The Hall–Kier alpha value is -1.94. The van der Waals surface area contributed by atoms with Crippen LogP contribution in [0.5, 0.6) is 0 Å². The number of benzene rings is 1. The number of hydrogen-bond acceptors (Lipinski definition) is 4. The van der Waals surface area contributed by atoms with Crippen LogP contribution in [0.2, 0.25) is 0 Å². The van der Waals surface area contributed by atoms with Crippen molar-refractivity contribution in [3.8, 4) is 0 Å². The maximum atomic E-state index is 12.8. The van der Waals surface area contributed by atoms with Crippen LogP contribution >= 0.6 is 7.60 Å². The zero-order chi connectivity index (χ0) is 18.3. The number of carboxylic acid groups (broad SMARTS) is 1. The number of rotatable bonds is 5. The lowest BCUT2D eigenvalue weighted by atomic mass is 10.2. The Morgan fingerprint density at radius 1 is 1.38 bits per heavy atom. The van der Waals surface area contributed by atoms with Crippen LogP contribution in [0.15, 0.2) is 18.2 Å². The van der Waals surface area contributed by atoms with Gasteiger partial charge < -0.3 is 25.2 Å². The SMILES string of the molecule is NC(Cc1nc2cc(C(F)(F)F)ccc2n1CP(=O)(O)O)C(=O)O. The Labute approximate surface area is 132 Å². The van der Waals surface area contributed by atoms with E-state index in [1.807, 2.05) is 0 Å². The molecule has 2 rings (SSSR count). The predicted octanol–water partition coefficient (Wildman–Crippen LogP) is 1.14. The highest BCUT2D eigenvalue weighted by molar-refractivity contribution is 7.50. The maximum absolute atomic E-state index is 12.8. The summed E-state index contributed by atoms with van der Waals surface area (Å²) in [6, 6.07) is 1.08. The Morgan fingerprint density at radius 3 is 2.50 bits per heavy atom. The van der Waals surface area contributed by atoms with E-state index in [-0.39, 0.29) is 16.9 Å². The first kappa shape index (κ1) is 18.4. The highest BCUT2D eigenvalue weighted by atomic mass is 31.2. The van der Waals surface area contributed by atoms with E-state index >= 15 is 0 Å². The second kappa shape index (κ2) is 6.17. The molecule has 1 aromatic carbocycles. The summed E-state index contributed by atoms with van der Waals surface area (Å²) in [5.41, 5.74) is 4.27. The third kappa shape index (κ3) is 4.12. The number of imidazole rings is 1. The van der Waals surface area contributed by atoms with E-state index in [1.54, 1.807) is 0 Å². The summed E-state index contributed by atoms with van der Waals surface area (Å²) in [7, 11) is -4.58. The molecular formula is C12H13F3N3O5P. The second-order valence-electron chi connectivity index (χ2n) is 5.11. The molecule has 1 unspecified atom stereocenters. The smallest absolute Gasteiger partial charge is 0.416 e. The molecule has 2 aromatic rings. The van der Waals surface area contributed by atoms with Gasteiger partial charge in [-0.25, -0.2) is 4.98 Å². The summed E-state index contributed by atoms with van der Waals surface area (Å²) in [4.78, 5) is 33.0. The average Bonchev–Trinajstić information content (AvgIpc) is 2.73. The normalized spacial score (nSPS) is 14.1. The zero-order valence-electron chi connectivity index (χ0n) is 11.9. The topological polar surface area (TPSA) is 139 Å². The van der Waals surface area contributed by atoms with E-state index in [4.69, 9.17) is 20.6 Å². The predicted molar refractivity (Wildman–Crippen MR) is 76.1 cm³/mol. The first-order valence-electron chi connectivity index (χ1n) is 6.48. The monoisotopic (exact) mass is 367 g/mol. The van der Waals surface area contributed by atoms with Crippen molar-refractivity contribution in [3.05, 3.63) is 29.6 Å². The van der Waals surface area contributed by atoms with E-state index in [2.05, 4.69) is 4.98 Å². The molecule has 0 aliphatic heterocycles. The first-order chi connectivity index (χ1) is 10.9. The third-order valence-corrected chi connectivity index (χ3v) is 3.85. The summed E-state index contributed by atoms with van der Waals surface area (Å²) in [5.74, 6) is -1.50. The van der Waals surface area contributed by atoms with Crippen LogP contribution in [0.4, 0.5) is 13.2 Å². The lowest BCUT2D eigenvalue weighted by molar-refractivity contribution is -0.139. The number of carboxylic acids is 1. The molecule has 0 radical (unpaired) electrons. The van der Waals surface area contributed by atoms with Gasteiger partial charge >= 0.3 is 19.7 Å². The van der Waals surface area contributed by atoms with Crippen molar-refractivity contribution in [2.24, 2.45) is 5.73 Å². The van der Waals surface area contributed by atoms with E-state index in [0.29, 0.717) is 0 Å². The molecule has 0 saturated carbocycles. The molecule has 0 amide bonds. The van der Waals surface area contributed by atoms with Crippen LogP contribution < -0.4 is 5.73 Å². The van der Waals surface area contributed by atoms with E-state index in [9.17, 15) is 22.5 Å². The molecule has 0 saturated heterocycles. The highest BCUT2D eigenvalue weighted by Gasteiger charge is 2.31. The van der Waals surface area contributed by atoms with Gasteiger partial charge in [0.2, 0.25) is 0 Å². The molecule has 0 fully saturated rings. The largest absolute Gasteiger partial charge is 0.480 e. The minimum absolute atomic E-state index is 0.0407. The van der Waals surface area contributed by atoms with Gasteiger partial charge in [0.05, 0.1) is 16.6 Å². The lowest BCUT2D eigenvalue weighted by Crippen LogP contribution is -2.33. The molecule has 5 N–H and O–H groups in total. The van der Waals surface area contributed by atoms with Crippen LogP contribution in [0.3, 0.4) is 0 Å². The van der Waals surface area contributed by atoms with Gasteiger partial charge in [0.15, 0.2) is 0 Å². The van der Waals surface area contributed by atoms with Crippen molar-refractivity contribution in [2.45, 2.75) is 24.9 Å². The van der Waals surface area contributed by atoms with Gasteiger partial charge in [-0.15, -0.1) is 0 Å². The fourth-order valence-corrected chi connectivity index (χ4v) is 2.82. The van der Waals surface area contributed by atoms with Gasteiger partial charge in [-0.1, -0.05) is 0 Å². The van der Waals surface area contributed by atoms with Crippen molar-refractivity contribution in [3.63, 3.8) is 0 Å². The van der Waals surface area contributed by atoms with Crippen molar-refractivity contribution >= 4 is 24.6 Å². The summed E-state index contributed by atoms with van der Waals surface area (Å²) in [5, 5.41) is 8.83. The number of halogens is 3. The van der Waals surface area contributed by atoms with Gasteiger partial charge in [-0.2, -0.15) is 13.2 Å². The van der Waals surface area contributed by atoms with E-state index in [0.717, 1.165) is 22.8 Å². The number of carbonyl (C=O) groups is 1. The molecule has 132 valence electrons. The minimum atomic E-state index is -4.61. The summed E-state index contributed by atoms with van der Waals surface area (Å²) in [6.45, 7) is 0. The van der Waals surface area contributed by atoms with Crippen LogP contribution in [0, 0.1) is 0 Å². The summed E-state index contributed by atoms with van der Waals surface area (Å²) < 4.78 is 50.5. The summed E-state index contributed by atoms with van der Waals surface area (Å²) >= 11 is 0. The molecule has 0 aliphatic carbocycles. The van der Waals surface area contributed by atoms with Gasteiger partial charge in [0.1, 0.15) is 18.2 Å². The van der Waals surface area contributed by atoms with Gasteiger partial charge in [-0.05, 0) is 18.2 Å². The Kier molecular flexibility index (Phi) is 4.73. The van der Waals surface area contributed by atoms with Crippen molar-refractivity contribution < 1.29 is 37.4 Å². The Balaban J connectivity index is 2.59. The van der Waals surface area contributed by atoms with Crippen LogP contribution in [-0.4, -0.2) is 36.5 Å². The molecule has 0 aliphatic rings. The summed E-state index contributed by atoms with van der Waals surface area (Å²) in [6.07, 6.45) is -5.86. The van der Waals surface area contributed by atoms with Gasteiger partial charge in [0, 0.05) is 6.42 Å². The molecule has 24 heavy (non-hydrogen) atoms. The first-order valence-corrected chi connectivity index (χ1v) is 8.27. The number of nitrogens with zero attached hydrogens (tertiary/aromatic N) is 2. The van der Waals surface area contributed by atoms with Crippen LogP contribution in [0.1, 0.15) is 11.4 Å². The van der Waals surface area contributed by atoms with Crippen molar-refractivity contribution in [2.75, 3.05) is 0 Å². The zero-order valence-corrected chi connectivity index (χ0v) is 12.8. The standard InChI is InChI=1S/C12H13F3N3O5P/c13-12(14,15)6-1-2-9-8(3-6)17-10(4-7(16)11(19)20)18(9)5-24(21,22)23/h1-3,7H,4-5,16H2,(H,19,20)(H2,21,22,23). The number of aromatic nitrogens is 2. The molecule has 1 aromatic heterocycles. The molecule has 0 spiro atoms. The molecule has 1 atom stereocenters. The third-order valence-electron chi connectivity index (χ3n) is 3.20. The molecule has 8 nitrogen and oxygen atoms in total. The fraction of sp³-hybridized carbons (Fsp3) is 0.333. The van der Waals surface area contributed by atoms with Gasteiger partial charge in [-0.3, -0.25) is 9.36 Å². The number of alkyl halides is 3. The molecule has 1 heterocycles. The quantitative estimate of drug-likeness (QED) is 0.581. The minimum Gasteiger partial charge on any atom is -0.480 e. The lowest BCUT2D eigenvalue weighted by Gasteiger charge is -2.12. The van der Waals surface area contributed by atoms with Crippen LogP contribution in [0.25, 0.3) is 11.0 Å². The van der Waals surface area contributed by atoms with E-state index < -0.39 is 44.1 Å². The molecular weight excluding hydrogens is 354 g/mol. The number of fused-ring (bicyclic) bond motifs is 1. The van der Waals surface area contributed by atoms with Crippen molar-refractivity contribution in [1.29, 1.82) is 0 Å². The van der Waals surface area contributed by atoms with Crippen LogP contribution in [-0.2, 0) is 28.2 Å². The Morgan fingerprint density at radius 2 is 2.00 bits per heavy atom. The number of hydrogen-bond donors (Lipinski definition) is 4. The highest BCUT2D eigenvalue weighted by Crippen LogP contribution is 2.39. The molecule has 0 bridgehead atoms. The fourth-order valence-electron chi connectivity index (χ4n) is 2.14. The number of nitrogens with two attached hydrogens (primary N) is 1. The van der Waals surface area contributed by atoms with E-state index in [1.165, 1.54) is 0 Å².